The molecular weight excluding hydrogens is 318 g/mol. The van der Waals surface area contributed by atoms with E-state index in [4.69, 9.17) is 10.5 Å². The maximum absolute atomic E-state index is 11.9. The Hall–Kier alpha value is -3.49. The summed E-state index contributed by atoms with van der Waals surface area (Å²) in [5.74, 6) is -0.651. The number of nitrogen functional groups attached to an aromatic ring is 1. The SMILES string of the molecule is CCOC(=O)c1cccc(-c2ccc([N+](=O)[O-])cc2[N+](=O)[O-])c1N. The fraction of sp³-hybridized carbons (Fsp3) is 0.133. The molecule has 0 aliphatic heterocycles. The fourth-order valence-corrected chi connectivity index (χ4v) is 2.20. The van der Waals surface area contributed by atoms with Crippen molar-refractivity contribution in [2.75, 3.05) is 12.3 Å². The van der Waals surface area contributed by atoms with E-state index < -0.39 is 27.2 Å². The number of esters is 1. The topological polar surface area (TPSA) is 139 Å². The van der Waals surface area contributed by atoms with Crippen LogP contribution in [0.2, 0.25) is 0 Å². The molecule has 0 saturated heterocycles. The molecule has 2 aromatic carbocycles. The summed E-state index contributed by atoms with van der Waals surface area (Å²) in [4.78, 5) is 32.5. The molecule has 0 radical (unpaired) electrons. The minimum Gasteiger partial charge on any atom is -0.462 e. The summed E-state index contributed by atoms with van der Waals surface area (Å²) in [6.45, 7) is 1.79. The van der Waals surface area contributed by atoms with E-state index in [0.717, 1.165) is 12.1 Å². The third-order valence-electron chi connectivity index (χ3n) is 3.28. The van der Waals surface area contributed by atoms with Crippen molar-refractivity contribution in [2.45, 2.75) is 6.92 Å². The Balaban J connectivity index is 2.64. The van der Waals surface area contributed by atoms with E-state index in [2.05, 4.69) is 0 Å². The molecule has 0 heterocycles. The van der Waals surface area contributed by atoms with Crippen molar-refractivity contribution in [1.29, 1.82) is 0 Å². The van der Waals surface area contributed by atoms with Crippen LogP contribution >= 0.6 is 0 Å². The van der Waals surface area contributed by atoms with Gasteiger partial charge in [-0.25, -0.2) is 4.79 Å². The molecule has 0 unspecified atom stereocenters. The Morgan fingerprint density at radius 2 is 1.83 bits per heavy atom. The third-order valence-corrected chi connectivity index (χ3v) is 3.28. The van der Waals surface area contributed by atoms with Crippen molar-refractivity contribution in [3.63, 3.8) is 0 Å². The lowest BCUT2D eigenvalue weighted by molar-refractivity contribution is -0.393. The van der Waals surface area contributed by atoms with Crippen LogP contribution in [0.3, 0.4) is 0 Å². The van der Waals surface area contributed by atoms with Crippen LogP contribution in [-0.4, -0.2) is 22.4 Å². The van der Waals surface area contributed by atoms with E-state index in [1.165, 1.54) is 24.3 Å². The largest absolute Gasteiger partial charge is 0.462 e. The number of nitro benzene ring substituents is 2. The zero-order valence-corrected chi connectivity index (χ0v) is 12.6. The lowest BCUT2D eigenvalue weighted by atomic mass is 9.98. The van der Waals surface area contributed by atoms with Crippen molar-refractivity contribution >= 4 is 23.0 Å². The van der Waals surface area contributed by atoms with E-state index in [1.54, 1.807) is 6.92 Å². The highest BCUT2D eigenvalue weighted by Gasteiger charge is 2.23. The average Bonchev–Trinajstić information content (AvgIpc) is 2.54. The lowest BCUT2D eigenvalue weighted by Gasteiger charge is -2.11. The van der Waals surface area contributed by atoms with Gasteiger partial charge in [0.1, 0.15) is 0 Å². The number of hydrogen-bond donors (Lipinski definition) is 1. The maximum atomic E-state index is 11.9. The van der Waals surface area contributed by atoms with Gasteiger partial charge in [-0.2, -0.15) is 0 Å². The summed E-state index contributed by atoms with van der Waals surface area (Å²) in [6.07, 6.45) is 0. The van der Waals surface area contributed by atoms with Gasteiger partial charge in [-0.3, -0.25) is 20.2 Å². The Morgan fingerprint density at radius 3 is 2.42 bits per heavy atom. The number of benzene rings is 2. The standard InChI is InChI=1S/C15H13N3O6/c1-2-24-15(19)12-5-3-4-11(14(12)16)10-7-6-9(17(20)21)8-13(10)18(22)23/h3-8H,2,16H2,1H3. The van der Waals surface area contributed by atoms with E-state index in [0.29, 0.717) is 0 Å². The van der Waals surface area contributed by atoms with Crippen LogP contribution < -0.4 is 5.73 Å². The van der Waals surface area contributed by atoms with Crippen LogP contribution in [0.1, 0.15) is 17.3 Å². The van der Waals surface area contributed by atoms with E-state index in [-0.39, 0.29) is 29.0 Å². The lowest BCUT2D eigenvalue weighted by Crippen LogP contribution is -2.09. The summed E-state index contributed by atoms with van der Waals surface area (Å²) in [5.41, 5.74) is 5.45. The van der Waals surface area contributed by atoms with Crippen LogP contribution in [0.15, 0.2) is 36.4 Å². The first-order chi connectivity index (χ1) is 11.4. The van der Waals surface area contributed by atoms with E-state index in [1.807, 2.05) is 0 Å². The number of non-ortho nitro benzene ring substituents is 1. The number of nitrogens with zero attached hydrogens (tertiary/aromatic N) is 2. The second kappa shape index (κ2) is 6.73. The number of anilines is 1. The maximum Gasteiger partial charge on any atom is 0.340 e. The smallest absolute Gasteiger partial charge is 0.340 e. The molecule has 2 N–H and O–H groups in total. The van der Waals surface area contributed by atoms with E-state index >= 15 is 0 Å². The van der Waals surface area contributed by atoms with Gasteiger partial charge in [-0.05, 0) is 19.1 Å². The summed E-state index contributed by atoms with van der Waals surface area (Å²) in [6, 6.07) is 7.66. The molecule has 0 amide bonds. The predicted molar refractivity (Wildman–Crippen MR) is 85.6 cm³/mol. The normalized spacial score (nSPS) is 10.2. The van der Waals surface area contributed by atoms with Gasteiger partial charge in [-0.1, -0.05) is 12.1 Å². The molecule has 2 rings (SSSR count). The van der Waals surface area contributed by atoms with Crippen molar-refractivity contribution < 1.29 is 19.4 Å². The molecule has 0 saturated carbocycles. The van der Waals surface area contributed by atoms with Gasteiger partial charge in [0.15, 0.2) is 0 Å². The Morgan fingerprint density at radius 1 is 1.12 bits per heavy atom. The second-order valence-electron chi connectivity index (χ2n) is 4.70. The highest BCUT2D eigenvalue weighted by Crippen LogP contribution is 2.37. The number of rotatable bonds is 5. The first-order valence-corrected chi connectivity index (χ1v) is 6.85. The van der Waals surface area contributed by atoms with Gasteiger partial charge in [-0.15, -0.1) is 0 Å². The molecule has 9 heteroatoms. The Labute approximate surface area is 136 Å². The number of carbonyl (C=O) groups excluding carboxylic acids is 1. The van der Waals surface area contributed by atoms with Crippen molar-refractivity contribution in [1.82, 2.24) is 0 Å². The monoisotopic (exact) mass is 331 g/mol. The van der Waals surface area contributed by atoms with Crippen LogP contribution in [0.4, 0.5) is 17.1 Å². The molecule has 0 fully saturated rings. The predicted octanol–water partition coefficient (Wildman–Crippen LogP) is 2.93. The van der Waals surface area contributed by atoms with Crippen LogP contribution in [0.5, 0.6) is 0 Å². The number of para-hydroxylation sites is 1. The summed E-state index contributed by atoms with van der Waals surface area (Å²) < 4.78 is 4.89. The zero-order chi connectivity index (χ0) is 17.9. The van der Waals surface area contributed by atoms with Gasteiger partial charge < -0.3 is 10.5 Å². The zero-order valence-electron chi connectivity index (χ0n) is 12.6. The van der Waals surface area contributed by atoms with Crippen molar-refractivity contribution in [3.8, 4) is 11.1 Å². The quantitative estimate of drug-likeness (QED) is 0.384. The fourth-order valence-electron chi connectivity index (χ4n) is 2.20. The van der Waals surface area contributed by atoms with Gasteiger partial charge in [0.25, 0.3) is 11.4 Å². The van der Waals surface area contributed by atoms with Crippen molar-refractivity contribution in [3.05, 3.63) is 62.2 Å². The van der Waals surface area contributed by atoms with Crippen molar-refractivity contribution in [2.24, 2.45) is 0 Å². The molecule has 0 aliphatic rings. The third kappa shape index (κ3) is 3.14. The molecule has 124 valence electrons. The number of hydrogen-bond acceptors (Lipinski definition) is 7. The molecule has 0 bridgehead atoms. The highest BCUT2D eigenvalue weighted by atomic mass is 16.6. The van der Waals surface area contributed by atoms with Gasteiger partial charge in [0, 0.05) is 11.6 Å². The van der Waals surface area contributed by atoms with Gasteiger partial charge >= 0.3 is 5.97 Å². The molecule has 2 aromatic rings. The minimum atomic E-state index is -0.737. The number of carbonyl (C=O) groups is 1. The van der Waals surface area contributed by atoms with E-state index in [9.17, 15) is 25.0 Å². The first-order valence-electron chi connectivity index (χ1n) is 6.85. The molecule has 24 heavy (non-hydrogen) atoms. The second-order valence-corrected chi connectivity index (χ2v) is 4.70. The Bertz CT molecular complexity index is 834. The Kier molecular flexibility index (Phi) is 4.73. The summed E-state index contributed by atoms with van der Waals surface area (Å²) in [5, 5.41) is 22.1. The van der Waals surface area contributed by atoms with Gasteiger partial charge in [0.05, 0.1) is 39.3 Å². The molecule has 9 nitrogen and oxygen atoms in total. The van der Waals surface area contributed by atoms with Crippen LogP contribution in [0, 0.1) is 20.2 Å². The molecule has 0 atom stereocenters. The number of nitro groups is 2. The van der Waals surface area contributed by atoms with Crippen LogP contribution in [-0.2, 0) is 4.74 Å². The molecular formula is C15H13N3O6. The first kappa shape index (κ1) is 16.9. The molecule has 0 aromatic heterocycles. The molecule has 0 aliphatic carbocycles. The number of nitrogens with two attached hydrogens (primary N) is 1. The average molecular weight is 331 g/mol. The highest BCUT2D eigenvalue weighted by molar-refractivity contribution is 6.00. The summed E-state index contributed by atoms with van der Waals surface area (Å²) >= 11 is 0. The molecule has 0 spiro atoms. The minimum absolute atomic E-state index is 0.00732. The van der Waals surface area contributed by atoms with Gasteiger partial charge in [0.2, 0.25) is 0 Å². The van der Waals surface area contributed by atoms with Crippen LogP contribution in [0.25, 0.3) is 11.1 Å². The summed E-state index contributed by atoms with van der Waals surface area (Å²) in [7, 11) is 0. The number of ether oxygens (including phenoxy) is 1.